The third-order valence-electron chi connectivity index (χ3n) is 8.29. The van der Waals surface area contributed by atoms with Gasteiger partial charge < -0.3 is 15.4 Å². The molecule has 0 aliphatic rings. The molecule has 0 saturated heterocycles. The molecular formula is C40H48N2O3. The van der Waals surface area contributed by atoms with E-state index in [-0.39, 0.29) is 22.6 Å². The van der Waals surface area contributed by atoms with Gasteiger partial charge in [0, 0.05) is 25.2 Å². The van der Waals surface area contributed by atoms with Gasteiger partial charge in [0.05, 0.1) is 0 Å². The smallest absolute Gasteiger partial charge is 0.221 e. The van der Waals surface area contributed by atoms with Crippen molar-refractivity contribution in [2.45, 2.75) is 92.3 Å². The molecule has 4 aromatic rings. The van der Waals surface area contributed by atoms with E-state index in [1.54, 1.807) is 0 Å². The number of rotatable bonds is 8. The Morgan fingerprint density at radius 2 is 0.911 bits per heavy atom. The van der Waals surface area contributed by atoms with Crippen LogP contribution in [0.1, 0.15) is 112 Å². The average molecular weight is 605 g/mol. The molecule has 2 unspecified atom stereocenters. The van der Waals surface area contributed by atoms with Gasteiger partial charge in [-0.05, 0) is 81.3 Å². The van der Waals surface area contributed by atoms with Crippen molar-refractivity contribution in [1.82, 2.24) is 0 Å². The molecule has 4 aromatic carbocycles. The zero-order valence-corrected chi connectivity index (χ0v) is 28.5. The van der Waals surface area contributed by atoms with Crippen LogP contribution in [0.4, 0.5) is 11.4 Å². The Hall–Kier alpha value is -4.22. The number of anilines is 2. The van der Waals surface area contributed by atoms with E-state index in [2.05, 4.69) is 101 Å². The Kier molecular flexibility index (Phi) is 10.0. The summed E-state index contributed by atoms with van der Waals surface area (Å²) in [7, 11) is 0. The maximum atomic E-state index is 12.3. The van der Waals surface area contributed by atoms with Gasteiger partial charge in [-0.15, -0.1) is 0 Å². The molecular weight excluding hydrogens is 556 g/mol. The van der Waals surface area contributed by atoms with Gasteiger partial charge in [0.25, 0.3) is 0 Å². The van der Waals surface area contributed by atoms with Crippen LogP contribution in [0.25, 0.3) is 0 Å². The van der Waals surface area contributed by atoms with Crippen LogP contribution >= 0.6 is 0 Å². The highest BCUT2D eigenvalue weighted by atomic mass is 16.5. The van der Waals surface area contributed by atoms with E-state index < -0.39 is 12.2 Å². The van der Waals surface area contributed by atoms with Gasteiger partial charge in [0.15, 0.2) is 0 Å². The van der Waals surface area contributed by atoms with Crippen LogP contribution in [0.15, 0.2) is 84.9 Å². The highest BCUT2D eigenvalue weighted by Crippen LogP contribution is 2.43. The second-order valence-corrected chi connectivity index (χ2v) is 14.1. The molecule has 45 heavy (non-hydrogen) atoms. The lowest BCUT2D eigenvalue weighted by atomic mass is 9.82. The van der Waals surface area contributed by atoms with Crippen molar-refractivity contribution < 1.29 is 14.3 Å². The molecule has 5 heteroatoms. The molecule has 0 heterocycles. The first-order valence-corrected chi connectivity index (χ1v) is 15.7. The molecule has 0 bridgehead atoms. The SMILES string of the molecule is CC(=O)Nc1cc(C(C)(C)C)cc(C(OC(c2ccccc2)c2cc(C(C)(C)C)cc(NC(C)=O)c2C)c2ccccc2)c1C. The second kappa shape index (κ2) is 13.4. The monoisotopic (exact) mass is 604 g/mol. The van der Waals surface area contributed by atoms with Gasteiger partial charge >= 0.3 is 0 Å². The van der Waals surface area contributed by atoms with Crippen molar-refractivity contribution in [3.05, 3.63) is 129 Å². The summed E-state index contributed by atoms with van der Waals surface area (Å²) in [5, 5.41) is 6.15. The molecule has 5 nitrogen and oxygen atoms in total. The summed E-state index contributed by atoms with van der Waals surface area (Å²) in [6.07, 6.45) is -0.929. The van der Waals surface area contributed by atoms with E-state index in [0.717, 1.165) is 55.9 Å². The maximum absolute atomic E-state index is 12.3. The minimum Gasteiger partial charge on any atom is -0.356 e. The van der Waals surface area contributed by atoms with E-state index in [1.165, 1.54) is 13.8 Å². The van der Waals surface area contributed by atoms with E-state index >= 15 is 0 Å². The summed E-state index contributed by atoms with van der Waals surface area (Å²) in [6, 6.07) is 29.1. The number of carbonyl (C=O) groups is 2. The van der Waals surface area contributed by atoms with Crippen LogP contribution in [0, 0.1) is 13.8 Å². The molecule has 236 valence electrons. The van der Waals surface area contributed by atoms with Crippen LogP contribution in [-0.4, -0.2) is 11.8 Å². The molecule has 2 atom stereocenters. The lowest BCUT2D eigenvalue weighted by molar-refractivity contribution is -0.115. The lowest BCUT2D eigenvalue weighted by Crippen LogP contribution is -2.20. The minimum absolute atomic E-state index is 0.116. The van der Waals surface area contributed by atoms with E-state index in [1.807, 2.05) is 50.2 Å². The fraction of sp³-hybridized carbons (Fsp3) is 0.350. The second-order valence-electron chi connectivity index (χ2n) is 14.1. The number of carbonyl (C=O) groups excluding carboxylic acids is 2. The third kappa shape index (κ3) is 8.09. The highest BCUT2D eigenvalue weighted by Gasteiger charge is 2.30. The molecule has 0 saturated carbocycles. The molecule has 2 amide bonds. The standard InChI is InChI=1S/C40H48N2O3/c1-25-33(21-31(39(5,6)7)23-35(25)41-27(3)43)37(29-17-13-11-14-18-29)45-38(30-19-15-12-16-20-30)34-22-32(40(8,9)10)24-36(26(34)2)42-28(4)44/h11-24,37-38H,1-10H3,(H,41,43)(H,42,44). The normalized spacial score (nSPS) is 13.2. The van der Waals surface area contributed by atoms with Crippen LogP contribution < -0.4 is 10.6 Å². The number of ether oxygens (including phenoxy) is 1. The van der Waals surface area contributed by atoms with Crippen LogP contribution in [0.3, 0.4) is 0 Å². The molecule has 0 aliphatic carbocycles. The van der Waals surface area contributed by atoms with Gasteiger partial charge in [0.2, 0.25) is 11.8 Å². The average Bonchev–Trinajstić information content (AvgIpc) is 2.96. The van der Waals surface area contributed by atoms with Crippen LogP contribution in [0.5, 0.6) is 0 Å². The number of hydrogen-bond acceptors (Lipinski definition) is 3. The fourth-order valence-corrected chi connectivity index (χ4v) is 5.58. The zero-order chi connectivity index (χ0) is 33.1. The maximum Gasteiger partial charge on any atom is 0.221 e. The summed E-state index contributed by atoms with van der Waals surface area (Å²) in [4.78, 5) is 24.6. The van der Waals surface area contributed by atoms with Crippen molar-refractivity contribution in [2.24, 2.45) is 0 Å². The largest absolute Gasteiger partial charge is 0.356 e. The third-order valence-corrected chi connectivity index (χ3v) is 8.29. The molecule has 4 rings (SSSR count). The first-order valence-electron chi connectivity index (χ1n) is 15.7. The number of amides is 2. The predicted octanol–water partition coefficient (Wildman–Crippen LogP) is 9.71. The molecule has 0 aliphatic heterocycles. The zero-order valence-electron chi connectivity index (χ0n) is 28.5. The fourth-order valence-electron chi connectivity index (χ4n) is 5.58. The number of benzene rings is 4. The Bertz CT molecular complexity index is 1540. The van der Waals surface area contributed by atoms with Gasteiger partial charge in [-0.2, -0.15) is 0 Å². The summed E-state index contributed by atoms with van der Waals surface area (Å²) >= 11 is 0. The molecule has 2 N–H and O–H groups in total. The summed E-state index contributed by atoms with van der Waals surface area (Å²) in [5.74, 6) is -0.232. The van der Waals surface area contributed by atoms with Crippen molar-refractivity contribution >= 4 is 23.2 Å². The quantitative estimate of drug-likeness (QED) is 0.210. The molecule has 0 spiro atoms. The van der Waals surface area contributed by atoms with Crippen molar-refractivity contribution in [2.75, 3.05) is 10.6 Å². The Morgan fingerprint density at radius 3 is 1.20 bits per heavy atom. The minimum atomic E-state index is -0.465. The first-order chi connectivity index (χ1) is 21.1. The van der Waals surface area contributed by atoms with Crippen LogP contribution in [0.2, 0.25) is 0 Å². The Balaban J connectivity index is 2.03. The number of hydrogen-bond donors (Lipinski definition) is 2. The highest BCUT2D eigenvalue weighted by molar-refractivity contribution is 5.90. The molecule has 0 fully saturated rings. The van der Waals surface area contributed by atoms with Gasteiger partial charge in [-0.1, -0.05) is 114 Å². The van der Waals surface area contributed by atoms with Gasteiger partial charge in [0.1, 0.15) is 12.2 Å². The van der Waals surface area contributed by atoms with E-state index in [4.69, 9.17) is 4.74 Å². The summed E-state index contributed by atoms with van der Waals surface area (Å²) in [5.41, 5.74) is 9.35. The lowest BCUT2D eigenvalue weighted by Gasteiger charge is -2.32. The van der Waals surface area contributed by atoms with Crippen molar-refractivity contribution in [3.8, 4) is 0 Å². The van der Waals surface area contributed by atoms with E-state index in [9.17, 15) is 9.59 Å². The molecule has 0 aromatic heterocycles. The first kappa shape index (κ1) is 33.7. The van der Waals surface area contributed by atoms with Crippen molar-refractivity contribution in [1.29, 1.82) is 0 Å². The van der Waals surface area contributed by atoms with Gasteiger partial charge in [-0.3, -0.25) is 9.59 Å². The Morgan fingerprint density at radius 1 is 0.578 bits per heavy atom. The van der Waals surface area contributed by atoms with Gasteiger partial charge in [-0.25, -0.2) is 0 Å². The Labute approximate surface area is 269 Å². The summed E-state index contributed by atoms with van der Waals surface area (Å²) in [6.45, 7) is 20.2. The van der Waals surface area contributed by atoms with Crippen LogP contribution in [-0.2, 0) is 25.2 Å². The summed E-state index contributed by atoms with van der Waals surface area (Å²) < 4.78 is 7.39. The number of nitrogens with one attached hydrogen (secondary N) is 2. The van der Waals surface area contributed by atoms with E-state index in [0.29, 0.717) is 0 Å². The topological polar surface area (TPSA) is 67.4 Å². The molecule has 0 radical (unpaired) electrons. The van der Waals surface area contributed by atoms with Crippen molar-refractivity contribution in [3.63, 3.8) is 0 Å². The predicted molar refractivity (Wildman–Crippen MR) is 186 cm³/mol.